The highest BCUT2D eigenvalue weighted by Crippen LogP contribution is 2.39. The summed E-state index contributed by atoms with van der Waals surface area (Å²) in [5.41, 5.74) is 1.81. The lowest BCUT2D eigenvalue weighted by atomic mass is 10.0. The summed E-state index contributed by atoms with van der Waals surface area (Å²) in [5, 5.41) is 10.4. The highest BCUT2D eigenvalue weighted by atomic mass is 35.5. The molecule has 2 aromatic rings. The molecule has 0 aliphatic carbocycles. The van der Waals surface area contributed by atoms with Gasteiger partial charge in [-0.25, -0.2) is 4.98 Å². The lowest BCUT2D eigenvalue weighted by Gasteiger charge is -2.11. The van der Waals surface area contributed by atoms with Crippen molar-refractivity contribution in [1.82, 2.24) is 4.98 Å². The second kappa shape index (κ2) is 5.97. The standard InChI is InChI=1S/C13H10Cl3NO2/c1-19-11-5-3-7(10(6-18)17-11)8-2-4-9(14)13(16)12(8)15/h2-5,18H,6H2,1H3. The summed E-state index contributed by atoms with van der Waals surface area (Å²) in [6, 6.07) is 6.84. The maximum Gasteiger partial charge on any atom is 0.213 e. The van der Waals surface area contributed by atoms with Gasteiger partial charge in [-0.15, -0.1) is 0 Å². The number of hydrogen-bond donors (Lipinski definition) is 1. The molecule has 1 heterocycles. The molecule has 0 spiro atoms. The normalized spacial score (nSPS) is 10.6. The van der Waals surface area contributed by atoms with Crippen LogP contribution in [0.2, 0.25) is 15.1 Å². The van der Waals surface area contributed by atoms with Crippen molar-refractivity contribution >= 4 is 34.8 Å². The summed E-state index contributed by atoms with van der Waals surface area (Å²) in [5.74, 6) is 0.420. The smallest absolute Gasteiger partial charge is 0.213 e. The van der Waals surface area contributed by atoms with Crippen LogP contribution in [0.1, 0.15) is 5.69 Å². The van der Waals surface area contributed by atoms with Gasteiger partial charge in [-0.2, -0.15) is 0 Å². The average Bonchev–Trinajstić information content (AvgIpc) is 2.44. The Morgan fingerprint density at radius 3 is 2.37 bits per heavy atom. The lowest BCUT2D eigenvalue weighted by molar-refractivity contribution is 0.275. The van der Waals surface area contributed by atoms with Gasteiger partial charge >= 0.3 is 0 Å². The van der Waals surface area contributed by atoms with E-state index in [1.165, 1.54) is 7.11 Å². The van der Waals surface area contributed by atoms with Gasteiger partial charge in [0.15, 0.2) is 0 Å². The van der Waals surface area contributed by atoms with E-state index in [0.29, 0.717) is 32.7 Å². The molecule has 0 amide bonds. The molecule has 6 heteroatoms. The van der Waals surface area contributed by atoms with Crippen molar-refractivity contribution in [3.8, 4) is 17.0 Å². The van der Waals surface area contributed by atoms with Crippen LogP contribution in [-0.2, 0) is 6.61 Å². The Labute approximate surface area is 125 Å². The Morgan fingerprint density at radius 1 is 1.05 bits per heavy atom. The molecule has 0 aliphatic heterocycles. The van der Waals surface area contributed by atoms with Crippen LogP contribution >= 0.6 is 34.8 Å². The number of aliphatic hydroxyl groups excluding tert-OH is 1. The van der Waals surface area contributed by atoms with Crippen LogP contribution < -0.4 is 4.74 Å². The van der Waals surface area contributed by atoms with Gasteiger partial charge in [0.1, 0.15) is 0 Å². The number of aliphatic hydroxyl groups is 1. The zero-order valence-corrected chi connectivity index (χ0v) is 12.2. The van der Waals surface area contributed by atoms with E-state index in [1.807, 2.05) is 0 Å². The van der Waals surface area contributed by atoms with E-state index in [2.05, 4.69) is 4.98 Å². The van der Waals surface area contributed by atoms with Crippen molar-refractivity contribution < 1.29 is 9.84 Å². The predicted octanol–water partition coefficient (Wildman–Crippen LogP) is 4.21. The fraction of sp³-hybridized carbons (Fsp3) is 0.154. The third-order valence-corrected chi connectivity index (χ3v) is 3.93. The molecule has 0 saturated heterocycles. The molecule has 19 heavy (non-hydrogen) atoms. The molecule has 0 fully saturated rings. The van der Waals surface area contributed by atoms with E-state index in [0.717, 1.165) is 0 Å². The van der Waals surface area contributed by atoms with E-state index >= 15 is 0 Å². The minimum Gasteiger partial charge on any atom is -0.481 e. The molecule has 0 saturated carbocycles. The Hall–Kier alpha value is -1.00. The largest absolute Gasteiger partial charge is 0.481 e. The predicted molar refractivity (Wildman–Crippen MR) is 77.2 cm³/mol. The van der Waals surface area contributed by atoms with Gasteiger partial charge in [-0.05, 0) is 12.1 Å². The van der Waals surface area contributed by atoms with E-state index in [1.54, 1.807) is 24.3 Å². The molecule has 0 radical (unpaired) electrons. The third-order valence-electron chi connectivity index (χ3n) is 2.63. The molecule has 0 aliphatic rings. The van der Waals surface area contributed by atoms with Crippen LogP contribution in [0.5, 0.6) is 5.88 Å². The first-order chi connectivity index (χ1) is 9.08. The molecule has 1 aromatic carbocycles. The van der Waals surface area contributed by atoms with Crippen molar-refractivity contribution in [3.05, 3.63) is 45.0 Å². The molecule has 0 bridgehead atoms. The van der Waals surface area contributed by atoms with Crippen LogP contribution in [0, 0.1) is 0 Å². The van der Waals surface area contributed by atoms with Gasteiger partial charge in [-0.3, -0.25) is 0 Å². The molecule has 2 rings (SSSR count). The van der Waals surface area contributed by atoms with Crippen molar-refractivity contribution in [2.45, 2.75) is 6.61 Å². The number of nitrogens with zero attached hydrogens (tertiary/aromatic N) is 1. The second-order valence-electron chi connectivity index (χ2n) is 3.73. The van der Waals surface area contributed by atoms with Gasteiger partial charge in [0.05, 0.1) is 34.5 Å². The highest BCUT2D eigenvalue weighted by Gasteiger charge is 2.14. The number of ether oxygens (including phenoxy) is 1. The van der Waals surface area contributed by atoms with E-state index in [4.69, 9.17) is 39.5 Å². The van der Waals surface area contributed by atoms with E-state index in [-0.39, 0.29) is 11.6 Å². The number of halogens is 3. The topological polar surface area (TPSA) is 42.4 Å². The van der Waals surface area contributed by atoms with Crippen molar-refractivity contribution in [3.63, 3.8) is 0 Å². The maximum atomic E-state index is 9.39. The number of hydrogen-bond acceptors (Lipinski definition) is 3. The van der Waals surface area contributed by atoms with Gasteiger partial charge in [0.25, 0.3) is 0 Å². The minimum atomic E-state index is -0.233. The molecule has 0 unspecified atom stereocenters. The Morgan fingerprint density at radius 2 is 1.74 bits per heavy atom. The van der Waals surface area contributed by atoms with Crippen molar-refractivity contribution in [2.75, 3.05) is 7.11 Å². The molecule has 3 nitrogen and oxygen atoms in total. The monoisotopic (exact) mass is 317 g/mol. The van der Waals surface area contributed by atoms with Gasteiger partial charge < -0.3 is 9.84 Å². The quantitative estimate of drug-likeness (QED) is 0.862. The number of pyridine rings is 1. The Bertz CT molecular complexity index is 617. The summed E-state index contributed by atoms with van der Waals surface area (Å²) >= 11 is 18.1. The second-order valence-corrected chi connectivity index (χ2v) is 4.89. The summed E-state index contributed by atoms with van der Waals surface area (Å²) in [6.07, 6.45) is 0. The molecule has 0 atom stereocenters. The zero-order chi connectivity index (χ0) is 14.0. The van der Waals surface area contributed by atoms with Crippen molar-refractivity contribution in [2.24, 2.45) is 0 Å². The Kier molecular flexibility index (Phi) is 4.53. The fourth-order valence-electron chi connectivity index (χ4n) is 1.69. The molecular weight excluding hydrogens is 309 g/mol. The zero-order valence-electron chi connectivity index (χ0n) is 9.95. The van der Waals surface area contributed by atoms with Gasteiger partial charge in [-0.1, -0.05) is 40.9 Å². The summed E-state index contributed by atoms with van der Waals surface area (Å²) in [7, 11) is 1.51. The van der Waals surface area contributed by atoms with Crippen LogP contribution in [0.15, 0.2) is 24.3 Å². The number of benzene rings is 1. The molecule has 1 N–H and O–H groups in total. The van der Waals surface area contributed by atoms with Crippen LogP contribution in [-0.4, -0.2) is 17.2 Å². The summed E-state index contributed by atoms with van der Waals surface area (Å²) < 4.78 is 5.02. The number of methoxy groups -OCH3 is 1. The molecule has 100 valence electrons. The number of aromatic nitrogens is 1. The van der Waals surface area contributed by atoms with E-state index in [9.17, 15) is 5.11 Å². The van der Waals surface area contributed by atoms with Crippen LogP contribution in [0.25, 0.3) is 11.1 Å². The van der Waals surface area contributed by atoms with Crippen LogP contribution in [0.4, 0.5) is 0 Å². The minimum absolute atomic E-state index is 0.233. The van der Waals surface area contributed by atoms with Crippen molar-refractivity contribution in [1.29, 1.82) is 0 Å². The number of rotatable bonds is 3. The highest BCUT2D eigenvalue weighted by molar-refractivity contribution is 6.49. The van der Waals surface area contributed by atoms with E-state index < -0.39 is 0 Å². The average molecular weight is 319 g/mol. The first-order valence-corrected chi connectivity index (χ1v) is 6.50. The SMILES string of the molecule is COc1ccc(-c2ccc(Cl)c(Cl)c2Cl)c(CO)n1. The molecular formula is C13H10Cl3NO2. The maximum absolute atomic E-state index is 9.39. The first-order valence-electron chi connectivity index (χ1n) is 5.37. The Balaban J connectivity index is 2.62. The summed E-state index contributed by atoms with van der Waals surface area (Å²) in [4.78, 5) is 4.17. The van der Waals surface area contributed by atoms with Crippen LogP contribution in [0.3, 0.4) is 0 Å². The molecule has 1 aromatic heterocycles. The first kappa shape index (κ1) is 14.4. The summed E-state index contributed by atoms with van der Waals surface area (Å²) in [6.45, 7) is -0.233. The third kappa shape index (κ3) is 2.79. The van der Waals surface area contributed by atoms with Gasteiger partial charge in [0, 0.05) is 17.2 Å². The lowest BCUT2D eigenvalue weighted by Crippen LogP contribution is -1.97. The fourth-order valence-corrected chi connectivity index (χ4v) is 2.33. The van der Waals surface area contributed by atoms with Gasteiger partial charge in [0.2, 0.25) is 5.88 Å².